The number of amides is 1. The zero-order valence-electron chi connectivity index (χ0n) is 16.3. The largest absolute Gasteiger partial charge is 0.380 e. The molecule has 1 heterocycles. The molecule has 6 N–H and O–H groups in total. The van der Waals surface area contributed by atoms with E-state index in [9.17, 15) is 13.6 Å². The van der Waals surface area contributed by atoms with Gasteiger partial charge in [-0.25, -0.2) is 13.8 Å². The third-order valence-corrected chi connectivity index (χ3v) is 4.47. The number of benzene rings is 2. The Balaban J connectivity index is 1.76. The summed E-state index contributed by atoms with van der Waals surface area (Å²) in [5.41, 5.74) is 13.9. The van der Waals surface area contributed by atoms with E-state index in [1.54, 1.807) is 6.07 Å². The number of hydrogen-bond donors (Lipinski definition) is 4. The number of primary amides is 1. The van der Waals surface area contributed by atoms with Crippen LogP contribution >= 0.6 is 0 Å². The van der Waals surface area contributed by atoms with Gasteiger partial charge in [-0.05, 0) is 54.8 Å². The number of pyridine rings is 1. The number of nitrogens with two attached hydrogens (primary N) is 2. The number of carbonyl (C=O) groups excluding carboxylic acids is 1. The smallest absolute Gasteiger partial charge is 0.252 e. The second kappa shape index (κ2) is 9.80. The summed E-state index contributed by atoms with van der Waals surface area (Å²) < 4.78 is 26.8. The number of carbonyl (C=O) groups is 1. The van der Waals surface area contributed by atoms with Crippen LogP contribution in [0.25, 0.3) is 0 Å². The van der Waals surface area contributed by atoms with E-state index in [1.165, 1.54) is 23.9 Å². The minimum Gasteiger partial charge on any atom is -0.380 e. The van der Waals surface area contributed by atoms with Gasteiger partial charge in [-0.2, -0.15) is 0 Å². The number of nitrogens with one attached hydrogen (secondary N) is 2. The van der Waals surface area contributed by atoms with Gasteiger partial charge < -0.3 is 22.1 Å². The normalized spacial score (nSPS) is 10.6. The molecule has 3 rings (SSSR count). The van der Waals surface area contributed by atoms with Crippen molar-refractivity contribution in [2.45, 2.75) is 19.4 Å². The standard InChI is InChI=1S/C22H23F2N5O/c23-16-8-15(9-17(24)10-16)12-27-20-11-21(28-13-19(20)22(26)30)29-18-5-3-14(4-6-18)2-1-7-25/h3-6,8-11,13H,1-2,7,12,25H2,(H2,26,30)(H2,27,28,29). The Morgan fingerprint density at radius 1 is 1.00 bits per heavy atom. The summed E-state index contributed by atoms with van der Waals surface area (Å²) in [7, 11) is 0. The zero-order chi connectivity index (χ0) is 21.5. The third kappa shape index (κ3) is 5.74. The number of rotatable bonds is 9. The Labute approximate surface area is 173 Å². The van der Waals surface area contributed by atoms with Gasteiger partial charge in [0.15, 0.2) is 0 Å². The Bertz CT molecular complexity index is 1000. The highest BCUT2D eigenvalue weighted by Gasteiger charge is 2.11. The van der Waals surface area contributed by atoms with E-state index in [4.69, 9.17) is 11.5 Å². The van der Waals surface area contributed by atoms with Gasteiger partial charge in [-0.1, -0.05) is 12.1 Å². The predicted molar refractivity (Wildman–Crippen MR) is 114 cm³/mol. The Morgan fingerprint density at radius 2 is 1.70 bits per heavy atom. The van der Waals surface area contributed by atoms with Crippen molar-refractivity contribution in [3.8, 4) is 0 Å². The van der Waals surface area contributed by atoms with Crippen LogP contribution in [-0.2, 0) is 13.0 Å². The highest BCUT2D eigenvalue weighted by Crippen LogP contribution is 2.23. The number of anilines is 3. The SMILES string of the molecule is NCCCc1ccc(Nc2cc(NCc3cc(F)cc(F)c3)c(C(N)=O)cn2)cc1. The molecule has 8 heteroatoms. The van der Waals surface area contributed by atoms with Crippen LogP contribution in [0.2, 0.25) is 0 Å². The van der Waals surface area contributed by atoms with Crippen LogP contribution in [0.5, 0.6) is 0 Å². The molecular formula is C22H23F2N5O. The van der Waals surface area contributed by atoms with Crippen LogP contribution in [-0.4, -0.2) is 17.4 Å². The van der Waals surface area contributed by atoms with E-state index in [-0.39, 0.29) is 12.1 Å². The molecule has 0 saturated heterocycles. The van der Waals surface area contributed by atoms with Gasteiger partial charge in [0, 0.05) is 30.6 Å². The molecule has 0 aliphatic carbocycles. The van der Waals surface area contributed by atoms with Crippen molar-refractivity contribution in [3.05, 3.63) is 83.1 Å². The first-order valence-electron chi connectivity index (χ1n) is 9.49. The lowest BCUT2D eigenvalue weighted by Crippen LogP contribution is -2.15. The summed E-state index contributed by atoms with van der Waals surface area (Å²) >= 11 is 0. The monoisotopic (exact) mass is 411 g/mol. The molecule has 1 amide bonds. The van der Waals surface area contributed by atoms with Gasteiger partial charge in [0.25, 0.3) is 5.91 Å². The zero-order valence-corrected chi connectivity index (χ0v) is 16.3. The van der Waals surface area contributed by atoms with Gasteiger partial charge in [-0.15, -0.1) is 0 Å². The fourth-order valence-corrected chi connectivity index (χ4v) is 2.99. The molecule has 0 bridgehead atoms. The summed E-state index contributed by atoms with van der Waals surface area (Å²) in [5.74, 6) is -1.52. The van der Waals surface area contributed by atoms with Crippen molar-refractivity contribution < 1.29 is 13.6 Å². The molecule has 6 nitrogen and oxygen atoms in total. The van der Waals surface area contributed by atoms with E-state index in [0.29, 0.717) is 23.6 Å². The molecule has 0 aliphatic heterocycles. The molecule has 3 aromatic rings. The van der Waals surface area contributed by atoms with Crippen molar-refractivity contribution in [3.63, 3.8) is 0 Å². The first-order valence-corrected chi connectivity index (χ1v) is 9.49. The third-order valence-electron chi connectivity index (χ3n) is 4.47. The van der Waals surface area contributed by atoms with Crippen molar-refractivity contribution in [1.29, 1.82) is 0 Å². The second-order valence-corrected chi connectivity index (χ2v) is 6.82. The van der Waals surface area contributed by atoms with Crippen LogP contribution in [0.4, 0.5) is 26.0 Å². The minimum atomic E-state index is -0.672. The Hall–Kier alpha value is -3.52. The summed E-state index contributed by atoms with van der Waals surface area (Å²) in [4.78, 5) is 16.0. The van der Waals surface area contributed by atoms with Crippen LogP contribution < -0.4 is 22.1 Å². The maximum absolute atomic E-state index is 13.4. The van der Waals surface area contributed by atoms with Crippen molar-refractivity contribution in [2.24, 2.45) is 11.5 Å². The summed E-state index contributed by atoms with van der Waals surface area (Å²) in [6.07, 6.45) is 3.19. The Kier molecular flexibility index (Phi) is 6.92. The number of hydrogen-bond acceptors (Lipinski definition) is 5. The van der Waals surface area contributed by atoms with E-state index in [0.717, 1.165) is 24.6 Å². The Morgan fingerprint density at radius 3 is 2.33 bits per heavy atom. The minimum absolute atomic E-state index is 0.105. The topological polar surface area (TPSA) is 106 Å². The molecule has 1 aromatic heterocycles. The average molecular weight is 411 g/mol. The quantitative estimate of drug-likeness (QED) is 0.430. The average Bonchev–Trinajstić information content (AvgIpc) is 2.71. The van der Waals surface area contributed by atoms with Gasteiger partial charge in [-0.3, -0.25) is 4.79 Å². The molecule has 0 radical (unpaired) electrons. The maximum Gasteiger partial charge on any atom is 0.252 e. The van der Waals surface area contributed by atoms with Crippen molar-refractivity contribution in [1.82, 2.24) is 4.98 Å². The molecule has 0 spiro atoms. The number of halogens is 2. The summed E-state index contributed by atoms with van der Waals surface area (Å²) in [5, 5.41) is 6.16. The first kappa shape index (κ1) is 21.2. The van der Waals surface area contributed by atoms with Crippen LogP contribution in [0.1, 0.15) is 27.9 Å². The number of aromatic nitrogens is 1. The van der Waals surface area contributed by atoms with E-state index in [1.807, 2.05) is 24.3 Å². The predicted octanol–water partition coefficient (Wildman–Crippen LogP) is 3.71. The first-order chi connectivity index (χ1) is 14.4. The highest BCUT2D eigenvalue weighted by molar-refractivity contribution is 5.98. The van der Waals surface area contributed by atoms with Crippen LogP contribution in [0.15, 0.2) is 54.7 Å². The second-order valence-electron chi connectivity index (χ2n) is 6.82. The van der Waals surface area contributed by atoms with Gasteiger partial charge in [0.05, 0.1) is 11.3 Å². The molecular weight excluding hydrogens is 388 g/mol. The lowest BCUT2D eigenvalue weighted by molar-refractivity contribution is 0.100. The highest BCUT2D eigenvalue weighted by atomic mass is 19.1. The number of nitrogens with zero attached hydrogens (tertiary/aromatic N) is 1. The molecule has 0 unspecified atom stereocenters. The lowest BCUT2D eigenvalue weighted by Gasteiger charge is -2.13. The molecule has 0 fully saturated rings. The van der Waals surface area contributed by atoms with Gasteiger partial charge in [0.1, 0.15) is 17.5 Å². The van der Waals surface area contributed by atoms with Crippen LogP contribution in [0, 0.1) is 11.6 Å². The van der Waals surface area contributed by atoms with Gasteiger partial charge >= 0.3 is 0 Å². The summed E-state index contributed by atoms with van der Waals surface area (Å²) in [6.45, 7) is 0.752. The fourth-order valence-electron chi connectivity index (χ4n) is 2.99. The molecule has 0 atom stereocenters. The van der Waals surface area contributed by atoms with E-state index < -0.39 is 17.5 Å². The van der Waals surface area contributed by atoms with E-state index in [2.05, 4.69) is 15.6 Å². The van der Waals surface area contributed by atoms with Crippen molar-refractivity contribution in [2.75, 3.05) is 17.2 Å². The molecule has 0 aliphatic rings. The van der Waals surface area contributed by atoms with Crippen LogP contribution in [0.3, 0.4) is 0 Å². The summed E-state index contributed by atoms with van der Waals surface area (Å²) in [6, 6.07) is 12.7. The molecule has 156 valence electrons. The molecule has 2 aromatic carbocycles. The van der Waals surface area contributed by atoms with Crippen molar-refractivity contribution >= 4 is 23.1 Å². The van der Waals surface area contributed by atoms with Gasteiger partial charge in [0.2, 0.25) is 0 Å². The molecule has 0 saturated carbocycles. The number of aryl methyl sites for hydroxylation is 1. The fraction of sp³-hybridized carbons (Fsp3) is 0.182. The van der Waals surface area contributed by atoms with E-state index >= 15 is 0 Å². The lowest BCUT2D eigenvalue weighted by atomic mass is 10.1. The maximum atomic E-state index is 13.4. The molecule has 30 heavy (non-hydrogen) atoms.